The zero-order valence-corrected chi connectivity index (χ0v) is 13.2. The number of sulfonamides is 1. The molecule has 0 bridgehead atoms. The van der Waals surface area contributed by atoms with E-state index >= 15 is 0 Å². The topological polar surface area (TPSA) is 81.2 Å². The van der Waals surface area contributed by atoms with E-state index < -0.39 is 10.0 Å². The second-order valence-electron chi connectivity index (χ2n) is 4.69. The molecule has 0 amide bonds. The minimum atomic E-state index is -3.82. The summed E-state index contributed by atoms with van der Waals surface area (Å²) in [6.45, 7) is 0.517. The number of nitrogens with one attached hydrogen (secondary N) is 1. The summed E-state index contributed by atoms with van der Waals surface area (Å²) in [6, 6.07) is 4.54. The third kappa shape index (κ3) is 3.63. The number of halogens is 1. The summed E-state index contributed by atoms with van der Waals surface area (Å²) < 4.78 is 32.8. The van der Waals surface area contributed by atoms with Gasteiger partial charge in [0, 0.05) is 5.02 Å². The van der Waals surface area contributed by atoms with Crippen LogP contribution in [-0.4, -0.2) is 25.2 Å². The van der Waals surface area contributed by atoms with Crippen LogP contribution in [0.1, 0.15) is 12.8 Å². The van der Waals surface area contributed by atoms with Crippen LogP contribution >= 0.6 is 22.9 Å². The molecule has 0 unspecified atom stereocenters. The molecule has 1 aromatic heterocycles. The van der Waals surface area contributed by atoms with Crippen molar-refractivity contribution in [2.75, 3.05) is 11.3 Å². The first-order chi connectivity index (χ1) is 10.0. The van der Waals surface area contributed by atoms with Gasteiger partial charge in [-0.15, -0.1) is 10.2 Å². The molecule has 0 radical (unpaired) electrons. The largest absolute Gasteiger partial charge is 0.492 e. The molecule has 21 heavy (non-hydrogen) atoms. The Bertz CT molecular complexity index is 730. The normalized spacial score (nSPS) is 14.9. The zero-order valence-electron chi connectivity index (χ0n) is 10.8. The number of benzene rings is 1. The molecule has 1 saturated carbocycles. The Kier molecular flexibility index (Phi) is 4.01. The van der Waals surface area contributed by atoms with Crippen molar-refractivity contribution in [3.8, 4) is 5.75 Å². The summed E-state index contributed by atoms with van der Waals surface area (Å²) in [6.07, 6.45) is 2.25. The highest BCUT2D eigenvalue weighted by Crippen LogP contribution is 2.33. The summed E-state index contributed by atoms with van der Waals surface area (Å²) >= 11 is 7.00. The van der Waals surface area contributed by atoms with Gasteiger partial charge in [0.1, 0.15) is 16.2 Å². The van der Waals surface area contributed by atoms with E-state index in [2.05, 4.69) is 14.9 Å². The molecule has 0 spiro atoms. The Morgan fingerprint density at radius 1 is 1.43 bits per heavy atom. The van der Waals surface area contributed by atoms with Crippen LogP contribution in [0.25, 0.3) is 0 Å². The predicted octanol–water partition coefficient (Wildman–Crippen LogP) is 2.78. The number of anilines is 1. The van der Waals surface area contributed by atoms with Crippen LogP contribution in [-0.2, 0) is 10.0 Å². The van der Waals surface area contributed by atoms with Crippen molar-refractivity contribution >= 4 is 38.1 Å². The van der Waals surface area contributed by atoms with Crippen molar-refractivity contribution in [3.05, 3.63) is 28.7 Å². The van der Waals surface area contributed by atoms with Crippen LogP contribution in [0.4, 0.5) is 5.13 Å². The molecule has 1 aliphatic carbocycles. The zero-order chi connectivity index (χ0) is 14.9. The SMILES string of the molecule is O=S(=O)(Nc1nncs1)c1cc(Cl)ccc1OCC1CC1. The maximum absolute atomic E-state index is 12.4. The lowest BCUT2D eigenvalue weighted by atomic mass is 10.3. The van der Waals surface area contributed by atoms with Crippen LogP contribution < -0.4 is 9.46 Å². The van der Waals surface area contributed by atoms with E-state index in [0.29, 0.717) is 23.3 Å². The Morgan fingerprint density at radius 3 is 2.90 bits per heavy atom. The Balaban J connectivity index is 1.88. The van der Waals surface area contributed by atoms with Crippen molar-refractivity contribution in [3.63, 3.8) is 0 Å². The maximum atomic E-state index is 12.4. The van der Waals surface area contributed by atoms with Gasteiger partial charge in [-0.2, -0.15) is 0 Å². The number of rotatable bonds is 6. The summed E-state index contributed by atoms with van der Waals surface area (Å²) in [5.74, 6) is 0.815. The van der Waals surface area contributed by atoms with Gasteiger partial charge in [0.25, 0.3) is 10.0 Å². The number of hydrogen-bond acceptors (Lipinski definition) is 6. The first-order valence-electron chi connectivity index (χ1n) is 6.26. The van der Waals surface area contributed by atoms with E-state index in [1.807, 2.05) is 0 Å². The quantitative estimate of drug-likeness (QED) is 0.870. The van der Waals surface area contributed by atoms with E-state index in [0.717, 1.165) is 24.2 Å². The van der Waals surface area contributed by atoms with Crippen LogP contribution in [0.3, 0.4) is 0 Å². The van der Waals surface area contributed by atoms with E-state index in [1.165, 1.54) is 11.6 Å². The summed E-state index contributed by atoms with van der Waals surface area (Å²) in [5, 5.41) is 7.78. The standard InChI is InChI=1S/C12H12ClN3O3S2/c13-9-3-4-10(19-6-8-1-2-8)11(5-9)21(17,18)16-12-15-14-7-20-12/h3-5,7-8H,1-2,6H2,(H,15,16). The van der Waals surface area contributed by atoms with E-state index in [4.69, 9.17) is 16.3 Å². The van der Waals surface area contributed by atoms with Crippen LogP contribution in [0.5, 0.6) is 5.75 Å². The lowest BCUT2D eigenvalue weighted by Gasteiger charge is -2.12. The molecule has 3 rings (SSSR count). The highest BCUT2D eigenvalue weighted by atomic mass is 35.5. The van der Waals surface area contributed by atoms with Gasteiger partial charge in [-0.1, -0.05) is 22.9 Å². The van der Waals surface area contributed by atoms with Gasteiger partial charge in [-0.25, -0.2) is 8.42 Å². The van der Waals surface area contributed by atoms with Crippen molar-refractivity contribution < 1.29 is 13.2 Å². The van der Waals surface area contributed by atoms with Gasteiger partial charge in [-0.05, 0) is 37.0 Å². The average molecular weight is 346 g/mol. The second kappa shape index (κ2) is 5.78. The summed E-state index contributed by atoms with van der Waals surface area (Å²) in [4.78, 5) is 0.00542. The van der Waals surface area contributed by atoms with Crippen LogP contribution in [0.2, 0.25) is 5.02 Å². The molecule has 1 aliphatic rings. The minimum Gasteiger partial charge on any atom is -0.492 e. The third-order valence-corrected chi connectivity index (χ3v) is 5.28. The second-order valence-corrected chi connectivity index (χ2v) is 7.62. The van der Waals surface area contributed by atoms with Crippen molar-refractivity contribution in [1.82, 2.24) is 10.2 Å². The molecule has 0 atom stereocenters. The Hall–Kier alpha value is -1.38. The molecule has 1 N–H and O–H groups in total. The molecule has 0 saturated heterocycles. The highest BCUT2D eigenvalue weighted by Gasteiger charge is 2.25. The smallest absolute Gasteiger partial charge is 0.267 e. The van der Waals surface area contributed by atoms with Crippen molar-refractivity contribution in [1.29, 1.82) is 0 Å². The lowest BCUT2D eigenvalue weighted by molar-refractivity contribution is 0.292. The van der Waals surface area contributed by atoms with Gasteiger partial charge in [0.05, 0.1) is 6.61 Å². The van der Waals surface area contributed by atoms with Crippen LogP contribution in [0, 0.1) is 5.92 Å². The molecule has 0 aliphatic heterocycles. The van der Waals surface area contributed by atoms with E-state index in [-0.39, 0.29) is 10.0 Å². The molecule has 112 valence electrons. The third-order valence-electron chi connectivity index (χ3n) is 2.95. The van der Waals surface area contributed by atoms with Crippen molar-refractivity contribution in [2.24, 2.45) is 5.92 Å². The molecule has 1 heterocycles. The van der Waals surface area contributed by atoms with Gasteiger partial charge in [0.2, 0.25) is 5.13 Å². The number of ether oxygens (including phenoxy) is 1. The highest BCUT2D eigenvalue weighted by molar-refractivity contribution is 7.93. The van der Waals surface area contributed by atoms with E-state index in [1.54, 1.807) is 12.1 Å². The molecule has 6 nitrogen and oxygen atoms in total. The van der Waals surface area contributed by atoms with Crippen LogP contribution in [0.15, 0.2) is 28.6 Å². The molecule has 1 fully saturated rings. The predicted molar refractivity (Wildman–Crippen MR) is 80.4 cm³/mol. The fourth-order valence-electron chi connectivity index (χ4n) is 1.69. The first-order valence-corrected chi connectivity index (χ1v) is 9.00. The average Bonchev–Trinajstić information content (AvgIpc) is 3.14. The molecule has 9 heteroatoms. The number of nitrogens with zero attached hydrogens (tertiary/aromatic N) is 2. The summed E-state index contributed by atoms with van der Waals surface area (Å²) in [5.41, 5.74) is 1.44. The maximum Gasteiger partial charge on any atom is 0.267 e. The monoisotopic (exact) mass is 345 g/mol. The van der Waals surface area contributed by atoms with Gasteiger partial charge in [-0.3, -0.25) is 4.72 Å². The lowest BCUT2D eigenvalue weighted by Crippen LogP contribution is -2.15. The fourth-order valence-corrected chi connectivity index (χ4v) is 3.79. The van der Waals surface area contributed by atoms with Gasteiger partial charge in [0.15, 0.2) is 0 Å². The number of hydrogen-bond donors (Lipinski definition) is 1. The molecular formula is C12H12ClN3O3S2. The Labute approximate surface area is 131 Å². The first kappa shape index (κ1) is 14.6. The van der Waals surface area contributed by atoms with E-state index in [9.17, 15) is 8.42 Å². The molecular weight excluding hydrogens is 334 g/mol. The van der Waals surface area contributed by atoms with Crippen molar-refractivity contribution in [2.45, 2.75) is 17.7 Å². The Morgan fingerprint density at radius 2 is 2.24 bits per heavy atom. The minimum absolute atomic E-state index is 0.00542. The molecule has 2 aromatic rings. The van der Waals surface area contributed by atoms with Gasteiger partial charge >= 0.3 is 0 Å². The summed E-state index contributed by atoms with van der Waals surface area (Å²) in [7, 11) is -3.82. The molecule has 1 aromatic carbocycles. The van der Waals surface area contributed by atoms with Gasteiger partial charge < -0.3 is 4.74 Å². The fraction of sp³-hybridized carbons (Fsp3) is 0.333. The number of aromatic nitrogens is 2.